The van der Waals surface area contributed by atoms with Gasteiger partial charge in [-0.05, 0) is 36.4 Å². The Kier molecular flexibility index (Phi) is 4.28. The van der Waals surface area contributed by atoms with Crippen molar-refractivity contribution in [3.63, 3.8) is 0 Å². The van der Waals surface area contributed by atoms with Crippen LogP contribution in [0.5, 0.6) is 0 Å². The molecule has 1 fully saturated rings. The van der Waals surface area contributed by atoms with E-state index in [0.29, 0.717) is 0 Å². The first-order chi connectivity index (χ1) is 15.3. The van der Waals surface area contributed by atoms with Crippen molar-refractivity contribution >= 4 is 33.6 Å². The Bertz CT molecular complexity index is 1350. The van der Waals surface area contributed by atoms with Gasteiger partial charge in [-0.3, -0.25) is 5.10 Å². The Morgan fingerprint density at radius 1 is 1.00 bits per heavy atom. The molecule has 1 aliphatic rings. The number of rotatable bonds is 4. The number of morpholine rings is 1. The van der Waals surface area contributed by atoms with Crippen LogP contribution in [-0.4, -0.2) is 51.1 Å². The Balaban J connectivity index is 1.33. The monoisotopic (exact) mass is 411 g/mol. The minimum Gasteiger partial charge on any atom is -0.378 e. The molecule has 5 aromatic rings. The zero-order chi connectivity index (χ0) is 20.6. The lowest BCUT2D eigenvalue weighted by molar-refractivity contribution is 0.122. The molecule has 0 saturated carbocycles. The molecule has 2 aromatic carbocycles. The summed E-state index contributed by atoms with van der Waals surface area (Å²) in [7, 11) is 0. The SMILES string of the molecule is c1cn2nc(-c3ccc4cn[nH]c4c3)cc(Nc3ccc(N4CCOCC4)cc3)c2n1. The van der Waals surface area contributed by atoms with Crippen molar-refractivity contribution in [3.8, 4) is 11.3 Å². The molecule has 8 heteroatoms. The van der Waals surface area contributed by atoms with Gasteiger partial charge in [-0.2, -0.15) is 10.2 Å². The molecule has 0 spiro atoms. The molecule has 0 bridgehead atoms. The van der Waals surface area contributed by atoms with E-state index in [4.69, 9.17) is 9.84 Å². The van der Waals surface area contributed by atoms with Crippen LogP contribution in [-0.2, 0) is 4.74 Å². The molecule has 0 atom stereocenters. The molecule has 0 unspecified atom stereocenters. The number of anilines is 3. The summed E-state index contributed by atoms with van der Waals surface area (Å²) in [6, 6.07) is 16.7. The van der Waals surface area contributed by atoms with E-state index in [0.717, 1.165) is 65.5 Å². The molecule has 6 rings (SSSR count). The molecule has 4 heterocycles. The van der Waals surface area contributed by atoms with Crippen LogP contribution in [0.4, 0.5) is 17.1 Å². The second kappa shape index (κ2) is 7.41. The highest BCUT2D eigenvalue weighted by molar-refractivity contribution is 5.85. The van der Waals surface area contributed by atoms with Crippen molar-refractivity contribution < 1.29 is 4.74 Å². The number of H-pyrrole nitrogens is 1. The van der Waals surface area contributed by atoms with Crippen LogP contribution in [0.25, 0.3) is 27.8 Å². The predicted molar refractivity (Wildman–Crippen MR) is 121 cm³/mol. The molecule has 2 N–H and O–H groups in total. The lowest BCUT2D eigenvalue weighted by atomic mass is 10.1. The molecule has 0 radical (unpaired) electrons. The van der Waals surface area contributed by atoms with Crippen LogP contribution in [0.1, 0.15) is 0 Å². The highest BCUT2D eigenvalue weighted by atomic mass is 16.5. The third kappa shape index (κ3) is 3.36. The fraction of sp³-hybridized carbons (Fsp3) is 0.174. The van der Waals surface area contributed by atoms with Gasteiger partial charge in [-0.15, -0.1) is 0 Å². The van der Waals surface area contributed by atoms with E-state index in [2.05, 4.69) is 61.8 Å². The highest BCUT2D eigenvalue weighted by Gasteiger charge is 2.13. The van der Waals surface area contributed by atoms with Gasteiger partial charge in [-0.1, -0.05) is 12.1 Å². The van der Waals surface area contributed by atoms with E-state index < -0.39 is 0 Å². The summed E-state index contributed by atoms with van der Waals surface area (Å²) in [5.74, 6) is 0. The van der Waals surface area contributed by atoms with Crippen LogP contribution in [0.15, 0.2) is 67.1 Å². The Morgan fingerprint density at radius 3 is 2.74 bits per heavy atom. The Hall–Kier alpha value is -3.91. The van der Waals surface area contributed by atoms with Crippen LogP contribution < -0.4 is 10.2 Å². The molecule has 154 valence electrons. The maximum Gasteiger partial charge on any atom is 0.177 e. The average Bonchev–Trinajstić information content (AvgIpc) is 3.49. The van der Waals surface area contributed by atoms with Gasteiger partial charge >= 0.3 is 0 Å². The molecular formula is C23H21N7O. The summed E-state index contributed by atoms with van der Waals surface area (Å²) in [5.41, 5.74) is 6.75. The smallest absolute Gasteiger partial charge is 0.177 e. The molecule has 1 aliphatic heterocycles. The summed E-state index contributed by atoms with van der Waals surface area (Å²) in [6.45, 7) is 3.41. The molecule has 31 heavy (non-hydrogen) atoms. The van der Waals surface area contributed by atoms with Gasteiger partial charge in [0.25, 0.3) is 0 Å². The predicted octanol–water partition coefficient (Wildman–Crippen LogP) is 3.85. The third-order valence-electron chi connectivity index (χ3n) is 5.62. The molecular weight excluding hydrogens is 390 g/mol. The first-order valence-corrected chi connectivity index (χ1v) is 10.3. The number of fused-ring (bicyclic) bond motifs is 2. The van der Waals surface area contributed by atoms with E-state index in [1.165, 1.54) is 5.69 Å². The maximum atomic E-state index is 5.45. The van der Waals surface area contributed by atoms with Gasteiger partial charge < -0.3 is 15.0 Å². The van der Waals surface area contributed by atoms with E-state index in [1.807, 2.05) is 24.5 Å². The van der Waals surface area contributed by atoms with E-state index in [1.54, 1.807) is 10.7 Å². The quantitative estimate of drug-likeness (QED) is 0.467. The molecule has 1 saturated heterocycles. The number of aromatic amines is 1. The Labute approximate surface area is 178 Å². The normalized spacial score (nSPS) is 14.4. The summed E-state index contributed by atoms with van der Waals surface area (Å²) < 4.78 is 7.25. The fourth-order valence-corrected chi connectivity index (χ4v) is 3.98. The molecule has 0 amide bonds. The second-order valence-electron chi connectivity index (χ2n) is 7.58. The second-order valence-corrected chi connectivity index (χ2v) is 7.58. The fourth-order valence-electron chi connectivity index (χ4n) is 3.98. The zero-order valence-corrected chi connectivity index (χ0v) is 16.8. The van der Waals surface area contributed by atoms with Gasteiger partial charge in [0, 0.05) is 47.8 Å². The number of aromatic nitrogens is 5. The van der Waals surface area contributed by atoms with Gasteiger partial charge in [0.15, 0.2) is 5.65 Å². The van der Waals surface area contributed by atoms with Crippen LogP contribution >= 0.6 is 0 Å². The summed E-state index contributed by atoms with van der Waals surface area (Å²) >= 11 is 0. The lowest BCUT2D eigenvalue weighted by Gasteiger charge is -2.29. The van der Waals surface area contributed by atoms with Crippen LogP contribution in [0.3, 0.4) is 0 Å². The standard InChI is InChI=1S/C23H21N7O/c1-2-17-15-25-27-20(17)13-16(1)21-14-22(23-24-7-8-30(23)28-21)26-18-3-5-19(6-4-18)29-9-11-31-12-10-29/h1-8,13-15,26H,9-12H2,(H,25,27). The number of nitrogens with one attached hydrogen (secondary N) is 2. The van der Waals surface area contributed by atoms with Gasteiger partial charge in [0.05, 0.1) is 36.3 Å². The Morgan fingerprint density at radius 2 is 1.87 bits per heavy atom. The first-order valence-electron chi connectivity index (χ1n) is 10.3. The van der Waals surface area contributed by atoms with Gasteiger partial charge in [0.1, 0.15) is 0 Å². The number of hydrogen-bond acceptors (Lipinski definition) is 6. The summed E-state index contributed by atoms with van der Waals surface area (Å²) in [4.78, 5) is 6.83. The lowest BCUT2D eigenvalue weighted by Crippen LogP contribution is -2.36. The van der Waals surface area contributed by atoms with Crippen molar-refractivity contribution in [1.82, 2.24) is 24.8 Å². The minimum absolute atomic E-state index is 0.780. The van der Waals surface area contributed by atoms with E-state index in [-0.39, 0.29) is 0 Å². The zero-order valence-electron chi connectivity index (χ0n) is 16.8. The number of nitrogens with zero attached hydrogens (tertiary/aromatic N) is 5. The van der Waals surface area contributed by atoms with Crippen molar-refractivity contribution in [2.24, 2.45) is 0 Å². The largest absolute Gasteiger partial charge is 0.378 e. The number of imidazole rings is 1. The highest BCUT2D eigenvalue weighted by Crippen LogP contribution is 2.28. The maximum absolute atomic E-state index is 5.45. The van der Waals surface area contributed by atoms with E-state index in [9.17, 15) is 0 Å². The summed E-state index contributed by atoms with van der Waals surface area (Å²) in [6.07, 6.45) is 5.44. The number of ether oxygens (including phenoxy) is 1. The minimum atomic E-state index is 0.780. The van der Waals surface area contributed by atoms with Crippen LogP contribution in [0, 0.1) is 0 Å². The van der Waals surface area contributed by atoms with Crippen LogP contribution in [0.2, 0.25) is 0 Å². The molecule has 8 nitrogen and oxygen atoms in total. The van der Waals surface area contributed by atoms with Crippen molar-refractivity contribution in [1.29, 1.82) is 0 Å². The summed E-state index contributed by atoms with van der Waals surface area (Å²) in [5, 5.41) is 16.5. The van der Waals surface area contributed by atoms with E-state index >= 15 is 0 Å². The third-order valence-corrected chi connectivity index (χ3v) is 5.62. The van der Waals surface area contributed by atoms with Crippen molar-refractivity contribution in [3.05, 3.63) is 67.1 Å². The topological polar surface area (TPSA) is 83.4 Å². The average molecular weight is 411 g/mol. The molecule has 0 aliphatic carbocycles. The van der Waals surface area contributed by atoms with Gasteiger partial charge in [-0.25, -0.2) is 9.50 Å². The molecule has 3 aromatic heterocycles. The van der Waals surface area contributed by atoms with Gasteiger partial charge in [0.2, 0.25) is 0 Å². The van der Waals surface area contributed by atoms with Crippen molar-refractivity contribution in [2.45, 2.75) is 0 Å². The number of hydrogen-bond donors (Lipinski definition) is 2. The van der Waals surface area contributed by atoms with Crippen molar-refractivity contribution in [2.75, 3.05) is 36.5 Å². The number of benzene rings is 2. The first kappa shape index (κ1) is 17.9.